The molecule has 3 aromatic rings. The molecule has 0 aliphatic carbocycles. The van der Waals surface area contributed by atoms with Crippen molar-refractivity contribution in [3.8, 4) is 5.75 Å². The lowest BCUT2D eigenvalue weighted by Gasteiger charge is -2.30. The van der Waals surface area contributed by atoms with E-state index in [1.807, 2.05) is 18.2 Å². The van der Waals surface area contributed by atoms with Crippen molar-refractivity contribution < 1.29 is 14.3 Å². The number of rotatable bonds is 6. The molecule has 4 rings (SSSR count). The lowest BCUT2D eigenvalue weighted by molar-refractivity contribution is -0.117. The normalized spacial score (nSPS) is 15.3. The number of nitrogens with zero attached hydrogens (tertiary/aromatic N) is 2. The number of hydrogen-bond donors (Lipinski definition) is 1. The molecule has 2 heterocycles. The number of methoxy groups -OCH3 is 1. The van der Waals surface area contributed by atoms with Crippen LogP contribution in [0.15, 0.2) is 42.5 Å². The topological polar surface area (TPSA) is 71.5 Å². The van der Waals surface area contributed by atoms with E-state index in [1.54, 1.807) is 31.4 Å². The molecule has 1 amide bonds. The van der Waals surface area contributed by atoms with Crippen LogP contribution in [0.1, 0.15) is 23.2 Å². The van der Waals surface area contributed by atoms with E-state index in [9.17, 15) is 9.59 Å². The number of halogens is 1. The molecule has 0 saturated carbocycles. The summed E-state index contributed by atoms with van der Waals surface area (Å²) in [5, 5.41) is 4.09. The summed E-state index contributed by atoms with van der Waals surface area (Å²) in [5.41, 5.74) is 1.53. The zero-order valence-electron chi connectivity index (χ0n) is 16.6. The monoisotopic (exact) mass is 443 g/mol. The first-order chi connectivity index (χ1) is 14.5. The number of thiazole rings is 1. The molecule has 0 radical (unpaired) electrons. The smallest absolute Gasteiger partial charge is 0.240 e. The van der Waals surface area contributed by atoms with Crippen LogP contribution in [0.2, 0.25) is 5.02 Å². The molecule has 2 aromatic carbocycles. The van der Waals surface area contributed by atoms with Crippen molar-refractivity contribution in [3.63, 3.8) is 0 Å². The van der Waals surface area contributed by atoms with E-state index in [-0.39, 0.29) is 17.6 Å². The molecule has 0 unspecified atom stereocenters. The number of likely N-dealkylation sites (tertiary alicyclic amines) is 1. The van der Waals surface area contributed by atoms with Crippen molar-refractivity contribution in [1.82, 2.24) is 9.88 Å². The largest absolute Gasteiger partial charge is 0.497 e. The molecule has 1 fully saturated rings. The number of ether oxygens (including phenoxy) is 1. The van der Waals surface area contributed by atoms with Gasteiger partial charge < -0.3 is 10.1 Å². The summed E-state index contributed by atoms with van der Waals surface area (Å²) in [7, 11) is 1.62. The Morgan fingerprint density at radius 3 is 2.63 bits per heavy atom. The number of carbonyl (C=O) groups excluding carboxylic acids is 2. The number of piperidine rings is 1. The molecule has 6 nitrogen and oxygen atoms in total. The molecule has 156 valence electrons. The number of fused-ring (bicyclic) bond motifs is 1. The Kier molecular flexibility index (Phi) is 6.32. The van der Waals surface area contributed by atoms with Crippen LogP contribution < -0.4 is 10.1 Å². The van der Waals surface area contributed by atoms with E-state index in [4.69, 9.17) is 16.3 Å². The van der Waals surface area contributed by atoms with Crippen molar-refractivity contribution in [2.75, 3.05) is 32.1 Å². The summed E-state index contributed by atoms with van der Waals surface area (Å²) in [6.45, 7) is 1.73. The van der Waals surface area contributed by atoms with Gasteiger partial charge in [0.2, 0.25) is 5.91 Å². The fraction of sp³-hybridized carbons (Fsp3) is 0.318. The van der Waals surface area contributed by atoms with Crippen LogP contribution >= 0.6 is 22.9 Å². The van der Waals surface area contributed by atoms with Gasteiger partial charge in [-0.05, 0) is 68.4 Å². The number of Topliss-reactive ketones (excluding diaryl/α,β-unsaturated/α-hetero) is 1. The lowest BCUT2D eigenvalue weighted by Crippen LogP contribution is -2.40. The van der Waals surface area contributed by atoms with Crippen molar-refractivity contribution >= 4 is 50.0 Å². The van der Waals surface area contributed by atoms with Gasteiger partial charge in [-0.25, -0.2) is 4.98 Å². The van der Waals surface area contributed by atoms with Crippen LogP contribution in [0.4, 0.5) is 5.13 Å². The van der Waals surface area contributed by atoms with Crippen molar-refractivity contribution in [2.45, 2.75) is 12.8 Å². The lowest BCUT2D eigenvalue weighted by atomic mass is 9.89. The highest BCUT2D eigenvalue weighted by molar-refractivity contribution is 7.22. The average molecular weight is 444 g/mol. The number of benzene rings is 2. The van der Waals surface area contributed by atoms with Gasteiger partial charge in [0.05, 0.1) is 23.9 Å². The third kappa shape index (κ3) is 4.80. The summed E-state index contributed by atoms with van der Waals surface area (Å²) in [6.07, 6.45) is 1.49. The Hall–Kier alpha value is -2.48. The standard InChI is InChI=1S/C22H22ClN3O3S/c1-29-17-6-7-18-19(12-17)30-22(24-18)25-20(27)13-26-10-8-15(9-11-26)21(28)14-2-4-16(23)5-3-14/h2-7,12,15H,8-11,13H2,1H3,(H,24,25,27). The minimum Gasteiger partial charge on any atom is -0.497 e. The van der Waals surface area contributed by atoms with Gasteiger partial charge in [0.1, 0.15) is 5.75 Å². The Labute approximate surface area is 183 Å². The molecular weight excluding hydrogens is 422 g/mol. The van der Waals surface area contributed by atoms with Crippen molar-refractivity contribution in [1.29, 1.82) is 0 Å². The highest BCUT2D eigenvalue weighted by atomic mass is 35.5. The van der Waals surface area contributed by atoms with Crippen LogP contribution in [0, 0.1) is 5.92 Å². The summed E-state index contributed by atoms with van der Waals surface area (Å²) in [5.74, 6) is 0.814. The zero-order chi connectivity index (χ0) is 21.1. The number of carbonyl (C=O) groups is 2. The molecule has 1 N–H and O–H groups in total. The number of nitrogens with one attached hydrogen (secondary N) is 1. The molecule has 1 saturated heterocycles. The molecular formula is C22H22ClN3O3S. The van der Waals surface area contributed by atoms with E-state index in [2.05, 4.69) is 15.2 Å². The summed E-state index contributed by atoms with van der Waals surface area (Å²) in [4.78, 5) is 31.6. The van der Waals surface area contributed by atoms with Crippen LogP contribution in [0.3, 0.4) is 0 Å². The second-order valence-corrected chi connectivity index (χ2v) is 8.79. The maximum atomic E-state index is 12.7. The van der Waals surface area contributed by atoms with Gasteiger partial charge in [0.15, 0.2) is 10.9 Å². The van der Waals surface area contributed by atoms with Gasteiger partial charge in [-0.15, -0.1) is 0 Å². The maximum absolute atomic E-state index is 12.7. The summed E-state index contributed by atoms with van der Waals surface area (Å²) in [6, 6.07) is 12.7. The van der Waals surface area contributed by atoms with E-state index in [0.717, 1.165) is 28.8 Å². The average Bonchev–Trinajstić information content (AvgIpc) is 3.15. The van der Waals surface area contributed by atoms with Gasteiger partial charge in [-0.3, -0.25) is 14.5 Å². The first-order valence-corrected chi connectivity index (χ1v) is 11.0. The summed E-state index contributed by atoms with van der Waals surface area (Å²) < 4.78 is 6.19. The Bertz CT molecular complexity index is 1060. The fourth-order valence-corrected chi connectivity index (χ4v) is 4.69. The second kappa shape index (κ2) is 9.12. The van der Waals surface area contributed by atoms with Gasteiger partial charge in [0, 0.05) is 16.5 Å². The Balaban J connectivity index is 1.29. The van der Waals surface area contributed by atoms with Gasteiger partial charge >= 0.3 is 0 Å². The third-order valence-corrected chi connectivity index (χ3v) is 6.48. The van der Waals surface area contributed by atoms with Crippen molar-refractivity contribution in [2.24, 2.45) is 5.92 Å². The number of amides is 1. The molecule has 0 bridgehead atoms. The molecule has 1 aliphatic heterocycles. The number of aromatic nitrogens is 1. The van der Waals surface area contributed by atoms with E-state index in [0.29, 0.717) is 35.4 Å². The zero-order valence-corrected chi connectivity index (χ0v) is 18.1. The van der Waals surface area contributed by atoms with E-state index in [1.165, 1.54) is 11.3 Å². The Morgan fingerprint density at radius 2 is 1.93 bits per heavy atom. The molecule has 0 spiro atoms. The second-order valence-electron chi connectivity index (χ2n) is 7.32. The van der Waals surface area contributed by atoms with Gasteiger partial charge in [-0.1, -0.05) is 22.9 Å². The number of anilines is 1. The first-order valence-electron chi connectivity index (χ1n) is 9.78. The number of ketones is 1. The number of hydrogen-bond acceptors (Lipinski definition) is 6. The minimum absolute atomic E-state index is 0.00951. The maximum Gasteiger partial charge on any atom is 0.240 e. The van der Waals surface area contributed by atoms with Crippen LogP contribution in [-0.2, 0) is 4.79 Å². The predicted octanol–water partition coefficient (Wildman–Crippen LogP) is 4.49. The fourth-order valence-electron chi connectivity index (χ4n) is 3.65. The van der Waals surface area contributed by atoms with Gasteiger partial charge in [-0.2, -0.15) is 0 Å². The van der Waals surface area contributed by atoms with Crippen LogP contribution in [0.5, 0.6) is 5.75 Å². The predicted molar refractivity (Wildman–Crippen MR) is 120 cm³/mol. The highest BCUT2D eigenvalue weighted by Gasteiger charge is 2.26. The molecule has 30 heavy (non-hydrogen) atoms. The Morgan fingerprint density at radius 1 is 1.20 bits per heavy atom. The molecule has 1 aromatic heterocycles. The van der Waals surface area contributed by atoms with Crippen LogP contribution in [-0.4, -0.2) is 48.3 Å². The minimum atomic E-state index is -0.0940. The highest BCUT2D eigenvalue weighted by Crippen LogP contribution is 2.29. The molecule has 0 atom stereocenters. The van der Waals surface area contributed by atoms with E-state index >= 15 is 0 Å². The SMILES string of the molecule is COc1ccc2nc(NC(=O)CN3CCC(C(=O)c4ccc(Cl)cc4)CC3)sc2c1. The molecule has 8 heteroatoms. The third-order valence-electron chi connectivity index (χ3n) is 5.30. The van der Waals surface area contributed by atoms with Gasteiger partial charge in [0.25, 0.3) is 0 Å². The quantitative estimate of drug-likeness (QED) is 0.568. The van der Waals surface area contributed by atoms with Crippen molar-refractivity contribution in [3.05, 3.63) is 53.1 Å². The van der Waals surface area contributed by atoms with E-state index < -0.39 is 0 Å². The summed E-state index contributed by atoms with van der Waals surface area (Å²) >= 11 is 7.32. The molecule has 1 aliphatic rings. The first kappa shape index (κ1) is 20.8. The van der Waals surface area contributed by atoms with Crippen LogP contribution in [0.25, 0.3) is 10.2 Å².